The molecule has 0 spiro atoms. The normalized spacial score (nSPS) is 10.8. The molecule has 2 aromatic rings. The quantitative estimate of drug-likeness (QED) is 0.792. The summed E-state index contributed by atoms with van der Waals surface area (Å²) >= 11 is 1.42. The van der Waals surface area contributed by atoms with Crippen molar-refractivity contribution in [1.29, 1.82) is 0 Å². The molecular formula is C17H23N3O2S. The number of amides is 1. The van der Waals surface area contributed by atoms with Gasteiger partial charge < -0.3 is 4.74 Å². The van der Waals surface area contributed by atoms with Gasteiger partial charge in [0.15, 0.2) is 6.61 Å². The summed E-state index contributed by atoms with van der Waals surface area (Å²) in [5.74, 6) is 0.903. The van der Waals surface area contributed by atoms with Gasteiger partial charge in [0.25, 0.3) is 5.91 Å². The standard InChI is InChI=1S/C17H23N3O2S/c1-4-5-9-16-19-20-17(23-16)18-15(21)11-22-14-8-6-7-13(10-14)12(2)3/h6-8,10,12H,4-5,9,11H2,1-3H3,(H,18,20,21). The molecule has 6 heteroatoms. The van der Waals surface area contributed by atoms with Gasteiger partial charge in [0, 0.05) is 6.42 Å². The molecule has 2 rings (SSSR count). The molecule has 0 radical (unpaired) electrons. The summed E-state index contributed by atoms with van der Waals surface area (Å²) in [5, 5.41) is 12.3. The third kappa shape index (κ3) is 5.63. The van der Waals surface area contributed by atoms with Gasteiger partial charge in [0.05, 0.1) is 0 Å². The van der Waals surface area contributed by atoms with E-state index < -0.39 is 0 Å². The van der Waals surface area contributed by atoms with Crippen LogP contribution in [0, 0.1) is 0 Å². The van der Waals surface area contributed by atoms with Crippen molar-refractivity contribution in [2.45, 2.75) is 46.0 Å². The van der Waals surface area contributed by atoms with Gasteiger partial charge in [-0.05, 0) is 30.0 Å². The van der Waals surface area contributed by atoms with Crippen LogP contribution < -0.4 is 10.1 Å². The second-order valence-electron chi connectivity index (χ2n) is 5.67. The summed E-state index contributed by atoms with van der Waals surface area (Å²) in [5.41, 5.74) is 1.19. The Morgan fingerprint density at radius 3 is 2.91 bits per heavy atom. The van der Waals surface area contributed by atoms with Crippen LogP contribution in [0.3, 0.4) is 0 Å². The van der Waals surface area contributed by atoms with Crippen molar-refractivity contribution in [1.82, 2.24) is 10.2 Å². The zero-order valence-electron chi connectivity index (χ0n) is 13.8. The van der Waals surface area contributed by atoms with Crippen molar-refractivity contribution < 1.29 is 9.53 Å². The van der Waals surface area contributed by atoms with Crippen LogP contribution in [0.5, 0.6) is 5.75 Å². The number of aryl methyl sites for hydroxylation is 1. The zero-order valence-corrected chi connectivity index (χ0v) is 14.7. The predicted octanol–water partition coefficient (Wildman–Crippen LogP) is 4.02. The fourth-order valence-corrected chi connectivity index (χ4v) is 2.80. The zero-order chi connectivity index (χ0) is 16.7. The molecule has 0 aliphatic heterocycles. The van der Waals surface area contributed by atoms with E-state index in [1.807, 2.05) is 18.2 Å². The van der Waals surface area contributed by atoms with Gasteiger partial charge in [-0.2, -0.15) is 0 Å². The van der Waals surface area contributed by atoms with Crippen LogP contribution in [0.2, 0.25) is 0 Å². The molecule has 1 amide bonds. The van der Waals surface area contributed by atoms with Gasteiger partial charge in [-0.15, -0.1) is 10.2 Å². The fourth-order valence-electron chi connectivity index (χ4n) is 2.00. The highest BCUT2D eigenvalue weighted by Gasteiger charge is 2.09. The fraction of sp³-hybridized carbons (Fsp3) is 0.471. The van der Waals surface area contributed by atoms with E-state index in [0.29, 0.717) is 16.8 Å². The molecule has 0 saturated heterocycles. The number of rotatable bonds is 8. The van der Waals surface area contributed by atoms with Crippen molar-refractivity contribution in [3.8, 4) is 5.75 Å². The maximum atomic E-state index is 11.9. The van der Waals surface area contributed by atoms with E-state index in [0.717, 1.165) is 24.3 Å². The topological polar surface area (TPSA) is 64.1 Å². The Kier molecular flexibility index (Phi) is 6.52. The number of nitrogens with zero attached hydrogens (tertiary/aromatic N) is 2. The molecule has 1 aromatic heterocycles. The molecule has 0 fully saturated rings. The van der Waals surface area contributed by atoms with Gasteiger partial charge in [-0.1, -0.05) is 50.7 Å². The molecular weight excluding hydrogens is 310 g/mol. The minimum Gasteiger partial charge on any atom is -0.484 e. The first kappa shape index (κ1) is 17.4. The second kappa shape index (κ2) is 8.62. The van der Waals surface area contributed by atoms with E-state index in [1.165, 1.54) is 16.9 Å². The lowest BCUT2D eigenvalue weighted by molar-refractivity contribution is -0.118. The van der Waals surface area contributed by atoms with Gasteiger partial charge in [0.1, 0.15) is 10.8 Å². The molecule has 23 heavy (non-hydrogen) atoms. The van der Waals surface area contributed by atoms with Crippen molar-refractivity contribution in [3.05, 3.63) is 34.8 Å². The Balaban J connectivity index is 1.83. The predicted molar refractivity (Wildman–Crippen MR) is 93.2 cm³/mol. The number of unbranched alkanes of at least 4 members (excludes halogenated alkanes) is 1. The Hall–Kier alpha value is -1.95. The molecule has 0 unspecified atom stereocenters. The van der Waals surface area contributed by atoms with Gasteiger partial charge in [-0.3, -0.25) is 10.1 Å². The van der Waals surface area contributed by atoms with Crippen molar-refractivity contribution in [2.24, 2.45) is 0 Å². The van der Waals surface area contributed by atoms with Gasteiger partial charge in [0.2, 0.25) is 5.13 Å². The highest BCUT2D eigenvalue weighted by molar-refractivity contribution is 7.15. The molecule has 1 N–H and O–H groups in total. The van der Waals surface area contributed by atoms with Crippen molar-refractivity contribution >= 4 is 22.4 Å². The van der Waals surface area contributed by atoms with Gasteiger partial charge >= 0.3 is 0 Å². The molecule has 5 nitrogen and oxygen atoms in total. The minimum atomic E-state index is -0.224. The Labute approximate surface area is 141 Å². The maximum absolute atomic E-state index is 11.9. The molecule has 1 aromatic carbocycles. The molecule has 0 bridgehead atoms. The number of aromatic nitrogens is 2. The summed E-state index contributed by atoms with van der Waals surface area (Å²) in [4.78, 5) is 11.9. The lowest BCUT2D eigenvalue weighted by atomic mass is 10.0. The van der Waals surface area contributed by atoms with Crippen LogP contribution in [0.25, 0.3) is 0 Å². The summed E-state index contributed by atoms with van der Waals surface area (Å²) < 4.78 is 5.55. The molecule has 124 valence electrons. The minimum absolute atomic E-state index is 0.0363. The average molecular weight is 333 g/mol. The Morgan fingerprint density at radius 2 is 2.17 bits per heavy atom. The number of benzene rings is 1. The third-order valence-electron chi connectivity index (χ3n) is 3.35. The third-order valence-corrected chi connectivity index (χ3v) is 4.25. The smallest absolute Gasteiger partial charge is 0.264 e. The van der Waals surface area contributed by atoms with Crippen LogP contribution in [0.15, 0.2) is 24.3 Å². The number of anilines is 1. The largest absolute Gasteiger partial charge is 0.484 e. The first-order valence-corrected chi connectivity index (χ1v) is 8.75. The van der Waals surface area contributed by atoms with Crippen LogP contribution in [-0.2, 0) is 11.2 Å². The number of ether oxygens (including phenoxy) is 1. The maximum Gasteiger partial charge on any atom is 0.264 e. The van der Waals surface area contributed by atoms with Crippen molar-refractivity contribution in [2.75, 3.05) is 11.9 Å². The first-order valence-electron chi connectivity index (χ1n) is 7.93. The second-order valence-corrected chi connectivity index (χ2v) is 6.73. The van der Waals surface area contributed by atoms with E-state index in [4.69, 9.17) is 4.74 Å². The highest BCUT2D eigenvalue weighted by atomic mass is 32.1. The van der Waals surface area contributed by atoms with E-state index in [1.54, 1.807) is 0 Å². The van der Waals surface area contributed by atoms with Gasteiger partial charge in [-0.25, -0.2) is 0 Å². The first-order chi connectivity index (χ1) is 11.1. The average Bonchev–Trinajstić information content (AvgIpc) is 2.98. The molecule has 0 saturated carbocycles. The monoisotopic (exact) mass is 333 g/mol. The Morgan fingerprint density at radius 1 is 1.35 bits per heavy atom. The number of hydrogen-bond donors (Lipinski definition) is 1. The van der Waals surface area contributed by atoms with E-state index >= 15 is 0 Å². The lowest BCUT2D eigenvalue weighted by Crippen LogP contribution is -2.20. The summed E-state index contributed by atoms with van der Waals surface area (Å²) in [7, 11) is 0. The van der Waals surface area contributed by atoms with E-state index in [-0.39, 0.29) is 12.5 Å². The van der Waals surface area contributed by atoms with Crippen LogP contribution in [0.1, 0.15) is 50.1 Å². The summed E-state index contributed by atoms with van der Waals surface area (Å²) in [6, 6.07) is 7.81. The molecule has 0 atom stereocenters. The van der Waals surface area contributed by atoms with Crippen LogP contribution >= 0.6 is 11.3 Å². The summed E-state index contributed by atoms with van der Waals surface area (Å²) in [6.45, 7) is 6.34. The number of carbonyl (C=O) groups is 1. The number of nitrogens with one attached hydrogen (secondary N) is 1. The molecule has 0 aliphatic carbocycles. The number of hydrogen-bond acceptors (Lipinski definition) is 5. The Bertz CT molecular complexity index is 640. The van der Waals surface area contributed by atoms with E-state index in [9.17, 15) is 4.79 Å². The molecule has 0 aliphatic rings. The lowest BCUT2D eigenvalue weighted by Gasteiger charge is -2.09. The van der Waals surface area contributed by atoms with Crippen LogP contribution in [-0.4, -0.2) is 22.7 Å². The summed E-state index contributed by atoms with van der Waals surface area (Å²) in [6.07, 6.45) is 3.10. The molecule has 1 heterocycles. The number of carbonyl (C=O) groups excluding carboxylic acids is 1. The highest BCUT2D eigenvalue weighted by Crippen LogP contribution is 2.20. The SMILES string of the molecule is CCCCc1nnc(NC(=O)COc2cccc(C(C)C)c2)s1. The van der Waals surface area contributed by atoms with Crippen molar-refractivity contribution in [3.63, 3.8) is 0 Å². The van der Waals surface area contributed by atoms with Crippen LogP contribution in [0.4, 0.5) is 5.13 Å². The van der Waals surface area contributed by atoms with E-state index in [2.05, 4.69) is 42.4 Å².